The number of carbonyl (C=O) groups excluding carboxylic acids is 1. The number of aromatic amines is 1. The lowest BCUT2D eigenvalue weighted by atomic mass is 10.0. The number of nitrogens with one attached hydrogen (secondary N) is 1. The molecule has 0 fully saturated rings. The summed E-state index contributed by atoms with van der Waals surface area (Å²) in [6, 6.07) is 6.73. The molecule has 0 atom stereocenters. The highest BCUT2D eigenvalue weighted by Crippen LogP contribution is 2.35. The molecule has 0 aliphatic heterocycles. The zero-order valence-corrected chi connectivity index (χ0v) is 16.8. The van der Waals surface area contributed by atoms with Gasteiger partial charge in [-0.25, -0.2) is 9.50 Å². The number of methoxy groups -OCH3 is 3. The molecule has 2 heterocycles. The molecule has 29 heavy (non-hydrogen) atoms. The van der Waals surface area contributed by atoms with Crippen LogP contribution in [-0.4, -0.2) is 48.5 Å². The fourth-order valence-electron chi connectivity index (χ4n) is 3.13. The molecule has 0 saturated carbocycles. The van der Waals surface area contributed by atoms with Crippen molar-refractivity contribution in [2.24, 2.45) is 0 Å². The Kier molecular flexibility index (Phi) is 6.18. The Morgan fingerprint density at radius 2 is 1.90 bits per heavy atom. The quantitative estimate of drug-likeness (QED) is 0.575. The van der Waals surface area contributed by atoms with Crippen molar-refractivity contribution < 1.29 is 23.7 Å². The van der Waals surface area contributed by atoms with Crippen LogP contribution in [0.4, 0.5) is 0 Å². The lowest BCUT2D eigenvalue weighted by molar-refractivity contribution is -0.142. The van der Waals surface area contributed by atoms with Crippen molar-refractivity contribution in [1.82, 2.24) is 14.6 Å². The number of aromatic nitrogens is 3. The molecule has 0 aliphatic carbocycles. The van der Waals surface area contributed by atoms with E-state index in [1.54, 1.807) is 40.4 Å². The summed E-state index contributed by atoms with van der Waals surface area (Å²) < 4.78 is 22.3. The van der Waals surface area contributed by atoms with E-state index in [-0.39, 0.29) is 25.2 Å². The van der Waals surface area contributed by atoms with Crippen LogP contribution in [0.15, 0.2) is 29.1 Å². The van der Waals surface area contributed by atoms with Gasteiger partial charge in [0.2, 0.25) is 0 Å². The van der Waals surface area contributed by atoms with Gasteiger partial charge < -0.3 is 18.9 Å². The molecule has 0 saturated heterocycles. The smallest absolute Gasteiger partial charge is 0.311 e. The Bertz CT molecular complexity index is 1090. The van der Waals surface area contributed by atoms with Crippen molar-refractivity contribution in [3.05, 3.63) is 46.0 Å². The third kappa shape index (κ3) is 4.09. The summed E-state index contributed by atoms with van der Waals surface area (Å²) in [7, 11) is 4.67. The van der Waals surface area contributed by atoms with E-state index < -0.39 is 5.97 Å². The normalized spacial score (nSPS) is 10.9. The molecule has 0 radical (unpaired) electrons. The van der Waals surface area contributed by atoms with Gasteiger partial charge in [0, 0.05) is 18.7 Å². The van der Waals surface area contributed by atoms with E-state index in [0.29, 0.717) is 34.1 Å². The van der Waals surface area contributed by atoms with Crippen LogP contribution in [0, 0.1) is 0 Å². The highest BCUT2D eigenvalue weighted by Gasteiger charge is 2.19. The van der Waals surface area contributed by atoms with Gasteiger partial charge in [-0.2, -0.15) is 0 Å². The lowest BCUT2D eigenvalue weighted by Gasteiger charge is -2.10. The largest absolute Gasteiger partial charge is 0.493 e. The van der Waals surface area contributed by atoms with Crippen LogP contribution in [-0.2, 0) is 27.3 Å². The third-order valence-electron chi connectivity index (χ3n) is 4.34. The average Bonchev–Trinajstić information content (AvgIpc) is 3.06. The first kappa shape index (κ1) is 20.4. The Hall–Kier alpha value is -3.33. The monoisotopic (exact) mass is 401 g/mol. The van der Waals surface area contributed by atoms with Crippen LogP contribution in [0.1, 0.15) is 18.3 Å². The molecule has 3 aromatic rings. The van der Waals surface area contributed by atoms with Crippen LogP contribution in [0.25, 0.3) is 16.8 Å². The molecule has 0 spiro atoms. The van der Waals surface area contributed by atoms with Crippen molar-refractivity contribution in [3.8, 4) is 22.6 Å². The number of rotatable bonds is 8. The maximum absolute atomic E-state index is 12.6. The number of esters is 1. The second kappa shape index (κ2) is 8.78. The van der Waals surface area contributed by atoms with Gasteiger partial charge in [-0.15, -0.1) is 0 Å². The Balaban J connectivity index is 2.20. The van der Waals surface area contributed by atoms with E-state index in [1.165, 1.54) is 10.6 Å². The van der Waals surface area contributed by atoms with Crippen molar-refractivity contribution in [2.75, 3.05) is 27.9 Å². The molecule has 0 unspecified atom stereocenters. The number of ether oxygens (including phenoxy) is 4. The van der Waals surface area contributed by atoms with Gasteiger partial charge in [-0.3, -0.25) is 14.7 Å². The van der Waals surface area contributed by atoms with E-state index in [0.717, 1.165) is 5.56 Å². The summed E-state index contributed by atoms with van der Waals surface area (Å²) in [5.41, 5.74) is 2.48. The number of nitrogens with zero attached hydrogens (tertiary/aromatic N) is 2. The van der Waals surface area contributed by atoms with Crippen molar-refractivity contribution >= 4 is 11.6 Å². The molecule has 0 aliphatic rings. The highest BCUT2D eigenvalue weighted by atomic mass is 16.5. The number of hydrogen-bond acceptors (Lipinski definition) is 7. The van der Waals surface area contributed by atoms with Gasteiger partial charge in [0.25, 0.3) is 5.56 Å². The van der Waals surface area contributed by atoms with Crippen LogP contribution >= 0.6 is 0 Å². The zero-order chi connectivity index (χ0) is 21.0. The minimum Gasteiger partial charge on any atom is -0.493 e. The average molecular weight is 401 g/mol. The minimum atomic E-state index is -0.441. The molecule has 1 N–H and O–H groups in total. The number of carbonyl (C=O) groups is 1. The number of benzene rings is 1. The van der Waals surface area contributed by atoms with Gasteiger partial charge in [-0.1, -0.05) is 6.07 Å². The summed E-state index contributed by atoms with van der Waals surface area (Å²) in [4.78, 5) is 29.0. The van der Waals surface area contributed by atoms with Crippen LogP contribution in [0.3, 0.4) is 0 Å². The van der Waals surface area contributed by atoms with E-state index >= 15 is 0 Å². The number of fused-ring (bicyclic) bond motifs is 1. The maximum atomic E-state index is 12.6. The topological polar surface area (TPSA) is 104 Å². The maximum Gasteiger partial charge on any atom is 0.311 e. The summed E-state index contributed by atoms with van der Waals surface area (Å²) in [5.74, 6) is 0.680. The van der Waals surface area contributed by atoms with Crippen molar-refractivity contribution in [3.63, 3.8) is 0 Å². The van der Waals surface area contributed by atoms with Crippen LogP contribution in [0.5, 0.6) is 11.5 Å². The van der Waals surface area contributed by atoms with Gasteiger partial charge >= 0.3 is 5.97 Å². The summed E-state index contributed by atoms with van der Waals surface area (Å²) in [6.07, 6.45) is -0.0876. The number of H-pyrrole nitrogens is 1. The predicted molar refractivity (Wildman–Crippen MR) is 105 cm³/mol. The Morgan fingerprint density at radius 1 is 1.14 bits per heavy atom. The Labute approximate surface area is 167 Å². The predicted octanol–water partition coefficient (Wildman–Crippen LogP) is 1.96. The highest BCUT2D eigenvalue weighted by molar-refractivity contribution is 5.81. The van der Waals surface area contributed by atoms with Gasteiger partial charge in [-0.05, 0) is 24.6 Å². The molecular formula is C20H23N3O6. The van der Waals surface area contributed by atoms with Gasteiger partial charge in [0.15, 0.2) is 17.1 Å². The second-order valence-electron chi connectivity index (χ2n) is 6.19. The first-order valence-corrected chi connectivity index (χ1v) is 9.02. The summed E-state index contributed by atoms with van der Waals surface area (Å²) in [5, 5.41) is 3.03. The molecule has 2 aromatic heterocycles. The van der Waals surface area contributed by atoms with Gasteiger partial charge in [0.1, 0.15) is 0 Å². The first-order chi connectivity index (χ1) is 14.0. The summed E-state index contributed by atoms with van der Waals surface area (Å²) >= 11 is 0. The number of hydrogen-bond donors (Lipinski definition) is 1. The second-order valence-corrected chi connectivity index (χ2v) is 6.19. The fourth-order valence-corrected chi connectivity index (χ4v) is 3.13. The van der Waals surface area contributed by atoms with E-state index in [9.17, 15) is 9.59 Å². The van der Waals surface area contributed by atoms with Crippen LogP contribution in [0.2, 0.25) is 0 Å². The van der Waals surface area contributed by atoms with Crippen LogP contribution < -0.4 is 15.0 Å². The molecular weight excluding hydrogens is 378 g/mol. The zero-order valence-electron chi connectivity index (χ0n) is 16.8. The third-order valence-corrected chi connectivity index (χ3v) is 4.34. The Morgan fingerprint density at radius 3 is 2.55 bits per heavy atom. The van der Waals surface area contributed by atoms with E-state index in [2.05, 4.69) is 10.1 Å². The molecule has 0 amide bonds. The summed E-state index contributed by atoms with van der Waals surface area (Å²) in [6.45, 7) is 2.22. The standard InChI is InChI=1S/C20H23N3O6/c1-5-29-18(25)10-13-9-17(24)23-20(21-13)19(14(22-23)11-26-2)12-6-7-15(27-3)16(8-12)28-4/h6-9,22H,5,10-11H2,1-4H3. The van der Waals surface area contributed by atoms with Crippen molar-refractivity contribution in [2.45, 2.75) is 20.0 Å². The van der Waals surface area contributed by atoms with E-state index in [1.807, 2.05) is 6.07 Å². The molecule has 0 bridgehead atoms. The molecule has 9 nitrogen and oxygen atoms in total. The fraction of sp³-hybridized carbons (Fsp3) is 0.350. The minimum absolute atomic E-state index is 0.0876. The first-order valence-electron chi connectivity index (χ1n) is 9.02. The van der Waals surface area contributed by atoms with Gasteiger partial charge in [0.05, 0.1) is 45.2 Å². The SMILES string of the molecule is CCOC(=O)Cc1cc(=O)n2[nH]c(COC)c(-c3ccc(OC)c(OC)c3)c2n1. The molecule has 1 aromatic carbocycles. The van der Waals surface area contributed by atoms with E-state index in [4.69, 9.17) is 18.9 Å². The molecule has 9 heteroatoms. The molecule has 3 rings (SSSR count). The van der Waals surface area contributed by atoms with Crippen molar-refractivity contribution in [1.29, 1.82) is 0 Å². The lowest BCUT2D eigenvalue weighted by Crippen LogP contribution is -2.18. The molecule has 154 valence electrons.